The van der Waals surface area contributed by atoms with Crippen LogP contribution >= 0.6 is 0 Å². The van der Waals surface area contributed by atoms with Crippen molar-refractivity contribution in [2.75, 3.05) is 5.73 Å². The topological polar surface area (TPSA) is 162 Å². The molecule has 4 N–H and O–H groups in total. The average molecular weight is 569 g/mol. The van der Waals surface area contributed by atoms with Crippen LogP contribution in [-0.2, 0) is 6.42 Å². The van der Waals surface area contributed by atoms with Crippen LogP contribution in [0.3, 0.4) is 0 Å². The van der Waals surface area contributed by atoms with Crippen LogP contribution in [0.25, 0.3) is 39.6 Å². The number of nitrogens with two attached hydrogens (primary N) is 1. The average Bonchev–Trinajstić information content (AvgIpc) is 3.62. The van der Waals surface area contributed by atoms with E-state index < -0.39 is 0 Å². The van der Waals surface area contributed by atoms with Crippen LogP contribution in [-0.4, -0.2) is 46.8 Å². The highest BCUT2D eigenvalue weighted by Crippen LogP contribution is 2.36. The number of aromatic nitrogens is 6. The summed E-state index contributed by atoms with van der Waals surface area (Å²) in [6, 6.07) is 17.5. The van der Waals surface area contributed by atoms with E-state index in [9.17, 15) is 14.7 Å². The number of phenolic OH excluding ortho intramolecular Hbond substituents is 1. The second-order valence-corrected chi connectivity index (χ2v) is 10.2. The minimum Gasteiger partial charge on any atom is -0.507 e. The molecule has 4 aromatic heterocycles. The van der Waals surface area contributed by atoms with Gasteiger partial charge in [0.1, 0.15) is 22.8 Å². The lowest BCUT2D eigenvalue weighted by molar-refractivity contribution is 0.0936. The number of rotatable bonds is 6. The molecule has 4 heterocycles. The zero-order valence-electron chi connectivity index (χ0n) is 22.7. The highest BCUT2D eigenvalue weighted by molar-refractivity contribution is 5.96. The van der Waals surface area contributed by atoms with Gasteiger partial charge in [0.15, 0.2) is 17.8 Å². The van der Waals surface area contributed by atoms with E-state index in [0.717, 1.165) is 23.2 Å². The fourth-order valence-electron chi connectivity index (χ4n) is 5.49. The molecule has 0 saturated heterocycles. The van der Waals surface area contributed by atoms with Crippen molar-refractivity contribution in [1.29, 1.82) is 0 Å². The van der Waals surface area contributed by atoms with Gasteiger partial charge in [0.25, 0.3) is 5.91 Å². The van der Waals surface area contributed by atoms with Gasteiger partial charge in [-0.1, -0.05) is 6.07 Å². The highest BCUT2D eigenvalue weighted by Gasteiger charge is 2.26. The van der Waals surface area contributed by atoms with E-state index in [1.165, 1.54) is 18.2 Å². The number of pyridine rings is 2. The van der Waals surface area contributed by atoms with Crippen molar-refractivity contribution in [1.82, 2.24) is 34.8 Å². The van der Waals surface area contributed by atoms with E-state index >= 15 is 0 Å². The van der Waals surface area contributed by atoms with E-state index in [-0.39, 0.29) is 23.3 Å². The minimum atomic E-state index is -0.319. The summed E-state index contributed by atoms with van der Waals surface area (Å²) < 4.78 is 1.96. The Labute approximate surface area is 245 Å². The normalized spacial score (nSPS) is 14.0. The molecule has 0 bridgehead atoms. The van der Waals surface area contributed by atoms with Crippen LogP contribution in [0.2, 0.25) is 0 Å². The summed E-state index contributed by atoms with van der Waals surface area (Å²) in [5.41, 5.74) is 12.9. The lowest BCUT2D eigenvalue weighted by atomic mass is 10.1. The molecule has 2 aromatic carbocycles. The molecular formula is C32H24N8O3. The lowest BCUT2D eigenvalue weighted by Crippen LogP contribution is -2.27. The maximum absolute atomic E-state index is 13.0. The fourth-order valence-corrected chi connectivity index (χ4v) is 5.49. The van der Waals surface area contributed by atoms with Gasteiger partial charge in [-0.25, -0.2) is 15.0 Å². The molecule has 11 nitrogen and oxygen atoms in total. The second kappa shape index (κ2) is 10.5. The van der Waals surface area contributed by atoms with Crippen molar-refractivity contribution < 1.29 is 14.7 Å². The third-order valence-electron chi connectivity index (χ3n) is 7.59. The molecule has 1 aliphatic rings. The van der Waals surface area contributed by atoms with E-state index in [0.29, 0.717) is 58.0 Å². The SMILES string of the molecule is Nc1ncccc1-c1nc2ccc(-c3cnccn3)nc2n1-c1ccc2c(c1)CC[C@@H]2NC(=O)c1ccc(O)c(C=O)c1. The molecule has 1 aliphatic carbocycles. The van der Waals surface area contributed by atoms with Gasteiger partial charge < -0.3 is 16.2 Å². The molecule has 1 amide bonds. The zero-order chi connectivity index (χ0) is 29.5. The maximum atomic E-state index is 13.0. The van der Waals surface area contributed by atoms with Gasteiger partial charge >= 0.3 is 0 Å². The number of aromatic hydroxyl groups is 1. The number of fused-ring (bicyclic) bond motifs is 2. The minimum absolute atomic E-state index is 0.0674. The first-order valence-electron chi connectivity index (χ1n) is 13.6. The first kappa shape index (κ1) is 26.0. The van der Waals surface area contributed by atoms with Crippen LogP contribution in [0.1, 0.15) is 44.3 Å². The van der Waals surface area contributed by atoms with E-state index in [1.807, 2.05) is 41.0 Å². The van der Waals surface area contributed by atoms with Crippen LogP contribution < -0.4 is 11.1 Å². The number of amides is 1. The van der Waals surface area contributed by atoms with Gasteiger partial charge in [-0.3, -0.25) is 24.1 Å². The number of carbonyl (C=O) groups excluding carboxylic acids is 2. The van der Waals surface area contributed by atoms with E-state index in [4.69, 9.17) is 15.7 Å². The van der Waals surface area contributed by atoms with Crippen LogP contribution in [0.5, 0.6) is 5.75 Å². The monoisotopic (exact) mass is 568 g/mol. The van der Waals surface area contributed by atoms with Crippen molar-refractivity contribution in [3.05, 3.63) is 108 Å². The Morgan fingerprint density at radius 1 is 1.00 bits per heavy atom. The van der Waals surface area contributed by atoms with Gasteiger partial charge in [-0.2, -0.15) is 0 Å². The third kappa shape index (κ3) is 4.62. The molecule has 0 saturated carbocycles. The molecular weight excluding hydrogens is 544 g/mol. The highest BCUT2D eigenvalue weighted by atomic mass is 16.3. The molecule has 0 aliphatic heterocycles. The number of carbonyl (C=O) groups is 2. The quantitative estimate of drug-likeness (QED) is 0.246. The molecule has 0 fully saturated rings. The van der Waals surface area contributed by atoms with E-state index in [2.05, 4.69) is 26.3 Å². The zero-order valence-corrected chi connectivity index (χ0v) is 22.7. The number of nitrogens with one attached hydrogen (secondary N) is 1. The Morgan fingerprint density at radius 2 is 1.91 bits per heavy atom. The second-order valence-electron chi connectivity index (χ2n) is 10.2. The van der Waals surface area contributed by atoms with Crippen molar-refractivity contribution in [2.45, 2.75) is 18.9 Å². The van der Waals surface area contributed by atoms with Gasteiger partial charge in [-0.15, -0.1) is 0 Å². The first-order chi connectivity index (χ1) is 21.0. The number of nitrogens with zero attached hydrogens (tertiary/aromatic N) is 6. The van der Waals surface area contributed by atoms with Crippen molar-refractivity contribution >= 4 is 29.2 Å². The number of aldehydes is 1. The van der Waals surface area contributed by atoms with Crippen LogP contribution in [0.4, 0.5) is 5.82 Å². The number of hydrogen-bond donors (Lipinski definition) is 3. The molecule has 1 atom stereocenters. The summed E-state index contributed by atoms with van der Waals surface area (Å²) in [5, 5.41) is 12.9. The summed E-state index contributed by atoms with van der Waals surface area (Å²) in [5.74, 6) is 0.471. The van der Waals surface area contributed by atoms with Gasteiger partial charge in [0, 0.05) is 29.8 Å². The van der Waals surface area contributed by atoms with Crippen LogP contribution in [0.15, 0.2) is 85.5 Å². The summed E-state index contributed by atoms with van der Waals surface area (Å²) in [6.45, 7) is 0. The Kier molecular flexibility index (Phi) is 6.31. The molecule has 6 aromatic rings. The Balaban J connectivity index is 1.29. The fraction of sp³-hybridized carbons (Fsp3) is 0.0938. The lowest BCUT2D eigenvalue weighted by Gasteiger charge is -2.16. The van der Waals surface area contributed by atoms with Gasteiger partial charge in [-0.05, 0) is 78.6 Å². The van der Waals surface area contributed by atoms with Crippen molar-refractivity contribution in [3.8, 4) is 34.2 Å². The standard InChI is InChI=1S/C32H24N8O3/c33-29-23(2-1-11-36-29)30-38-26-9-8-25(27-16-34-12-13-35-27)37-31(26)40(30)21-5-6-22-18(15-21)3-7-24(22)39-32(43)19-4-10-28(42)20(14-19)17-41/h1-2,4-6,8-17,24,42H,3,7H2,(H2,33,36)(H,39,43)/t24-/m0/s1. The molecule has 0 radical (unpaired) electrons. The summed E-state index contributed by atoms with van der Waals surface area (Å²) in [6.07, 6.45) is 8.52. The van der Waals surface area contributed by atoms with Crippen molar-refractivity contribution in [2.24, 2.45) is 0 Å². The van der Waals surface area contributed by atoms with Crippen molar-refractivity contribution in [3.63, 3.8) is 0 Å². The van der Waals surface area contributed by atoms with Gasteiger partial charge in [0.2, 0.25) is 0 Å². The Morgan fingerprint density at radius 3 is 2.72 bits per heavy atom. The molecule has 43 heavy (non-hydrogen) atoms. The number of phenols is 1. The molecule has 7 rings (SSSR count). The number of aryl methyl sites for hydroxylation is 1. The van der Waals surface area contributed by atoms with Crippen LogP contribution in [0, 0.1) is 0 Å². The number of imidazole rings is 1. The van der Waals surface area contributed by atoms with E-state index in [1.54, 1.807) is 24.8 Å². The molecule has 0 spiro atoms. The number of nitrogen functional groups attached to an aromatic ring is 1. The number of anilines is 1. The largest absolute Gasteiger partial charge is 0.507 e. The summed E-state index contributed by atoms with van der Waals surface area (Å²) >= 11 is 0. The molecule has 11 heteroatoms. The molecule has 0 unspecified atom stereocenters. The predicted molar refractivity (Wildman–Crippen MR) is 160 cm³/mol. The first-order valence-corrected chi connectivity index (χ1v) is 13.6. The molecule has 210 valence electrons. The smallest absolute Gasteiger partial charge is 0.251 e. The van der Waals surface area contributed by atoms with Gasteiger partial charge in [0.05, 0.1) is 29.1 Å². The predicted octanol–water partition coefficient (Wildman–Crippen LogP) is 4.46. The summed E-state index contributed by atoms with van der Waals surface area (Å²) in [4.78, 5) is 46.9. The maximum Gasteiger partial charge on any atom is 0.251 e. The Hall–Kier alpha value is -5.97. The number of benzene rings is 2. The number of hydrogen-bond acceptors (Lipinski definition) is 9. The Bertz CT molecular complexity index is 2040. The summed E-state index contributed by atoms with van der Waals surface area (Å²) in [7, 11) is 0. The third-order valence-corrected chi connectivity index (χ3v) is 7.59.